The number of benzene rings is 1. The molecule has 0 aromatic heterocycles. The lowest BCUT2D eigenvalue weighted by Crippen LogP contribution is -2.59. The Morgan fingerprint density at radius 2 is 2.09 bits per heavy atom. The molecule has 1 heterocycles. The number of piperazine rings is 1. The van der Waals surface area contributed by atoms with Crippen molar-refractivity contribution in [2.75, 3.05) is 24.6 Å². The average Bonchev–Trinajstić information content (AvgIpc) is 2.48. The van der Waals surface area contributed by atoms with E-state index in [1.807, 2.05) is 38.1 Å². The van der Waals surface area contributed by atoms with Gasteiger partial charge >= 0.3 is 0 Å². The summed E-state index contributed by atoms with van der Waals surface area (Å²) >= 11 is 0. The highest BCUT2D eigenvalue weighted by atomic mass is 16.5. The first kappa shape index (κ1) is 15.8. The molecule has 5 heteroatoms. The minimum Gasteiger partial charge on any atom is -0.494 e. The van der Waals surface area contributed by atoms with Crippen molar-refractivity contribution in [2.45, 2.75) is 39.2 Å². The van der Waals surface area contributed by atoms with Gasteiger partial charge in [-0.15, -0.1) is 0 Å². The van der Waals surface area contributed by atoms with E-state index in [0.29, 0.717) is 19.7 Å². The van der Waals surface area contributed by atoms with E-state index in [9.17, 15) is 9.59 Å². The van der Waals surface area contributed by atoms with Crippen molar-refractivity contribution in [3.8, 4) is 5.75 Å². The van der Waals surface area contributed by atoms with Gasteiger partial charge in [0.2, 0.25) is 11.8 Å². The van der Waals surface area contributed by atoms with Crippen molar-refractivity contribution in [3.63, 3.8) is 0 Å². The smallest absolute Gasteiger partial charge is 0.249 e. The summed E-state index contributed by atoms with van der Waals surface area (Å²) in [5.74, 6) is 1.04. The summed E-state index contributed by atoms with van der Waals surface area (Å²) in [5, 5.41) is 0. The topological polar surface area (TPSA) is 49.9 Å². The van der Waals surface area contributed by atoms with Gasteiger partial charge in [0.05, 0.1) is 6.61 Å². The van der Waals surface area contributed by atoms with E-state index in [-0.39, 0.29) is 17.7 Å². The zero-order valence-corrected chi connectivity index (χ0v) is 13.8. The molecule has 1 saturated heterocycles. The van der Waals surface area contributed by atoms with Crippen LogP contribution in [0, 0.1) is 5.92 Å². The minimum absolute atomic E-state index is 0.0161. The first-order valence-electron chi connectivity index (χ1n) is 8.46. The molecule has 1 saturated carbocycles. The molecule has 1 unspecified atom stereocenters. The largest absolute Gasteiger partial charge is 0.494 e. The monoisotopic (exact) mass is 316 g/mol. The van der Waals surface area contributed by atoms with Gasteiger partial charge < -0.3 is 14.5 Å². The van der Waals surface area contributed by atoms with Gasteiger partial charge in [0.1, 0.15) is 11.8 Å². The van der Waals surface area contributed by atoms with Gasteiger partial charge in [-0.2, -0.15) is 0 Å². The Kier molecular flexibility index (Phi) is 4.55. The fourth-order valence-corrected chi connectivity index (χ4v) is 3.23. The number of amides is 2. The van der Waals surface area contributed by atoms with Crippen molar-refractivity contribution in [2.24, 2.45) is 5.92 Å². The second kappa shape index (κ2) is 6.60. The van der Waals surface area contributed by atoms with Crippen LogP contribution in [0.15, 0.2) is 24.3 Å². The normalized spacial score (nSPS) is 22.0. The standard InChI is InChI=1S/C18H24N2O3/c1-3-23-16-9-5-8-15(12-16)20-11-10-19(13(2)17(20)21)18(22)14-6-4-7-14/h5,8-9,12-14H,3-4,6-7,10-11H2,1-2H3. The molecule has 0 bridgehead atoms. The van der Waals surface area contributed by atoms with E-state index in [2.05, 4.69) is 0 Å². The first-order valence-corrected chi connectivity index (χ1v) is 8.46. The Morgan fingerprint density at radius 1 is 1.30 bits per heavy atom. The molecule has 1 aromatic carbocycles. The third-order valence-electron chi connectivity index (χ3n) is 4.83. The van der Waals surface area contributed by atoms with Crippen molar-refractivity contribution in [1.29, 1.82) is 0 Å². The minimum atomic E-state index is -0.396. The predicted molar refractivity (Wildman–Crippen MR) is 88.5 cm³/mol. The zero-order valence-electron chi connectivity index (χ0n) is 13.8. The highest BCUT2D eigenvalue weighted by molar-refractivity contribution is 6.00. The zero-order chi connectivity index (χ0) is 16.4. The van der Waals surface area contributed by atoms with Gasteiger partial charge in [-0.3, -0.25) is 9.59 Å². The third-order valence-corrected chi connectivity index (χ3v) is 4.83. The van der Waals surface area contributed by atoms with Crippen molar-refractivity contribution in [1.82, 2.24) is 4.90 Å². The van der Waals surface area contributed by atoms with Gasteiger partial charge in [-0.1, -0.05) is 12.5 Å². The Labute approximate surface area is 137 Å². The maximum Gasteiger partial charge on any atom is 0.249 e. The number of nitrogens with zero attached hydrogens (tertiary/aromatic N) is 2. The number of carbonyl (C=O) groups excluding carboxylic acids is 2. The third kappa shape index (κ3) is 3.05. The maximum absolute atomic E-state index is 12.7. The molecular formula is C18H24N2O3. The Balaban J connectivity index is 1.73. The second-order valence-corrected chi connectivity index (χ2v) is 6.26. The molecule has 2 amide bonds. The van der Waals surface area contributed by atoms with Crippen LogP contribution in [0.5, 0.6) is 5.75 Å². The van der Waals surface area contributed by atoms with Crippen molar-refractivity contribution >= 4 is 17.5 Å². The fourth-order valence-electron chi connectivity index (χ4n) is 3.23. The fraction of sp³-hybridized carbons (Fsp3) is 0.556. The molecule has 2 fully saturated rings. The molecule has 0 radical (unpaired) electrons. The summed E-state index contributed by atoms with van der Waals surface area (Å²) < 4.78 is 5.51. The van der Waals surface area contributed by atoms with E-state index in [0.717, 1.165) is 30.7 Å². The number of carbonyl (C=O) groups is 2. The molecule has 1 atom stereocenters. The molecule has 5 nitrogen and oxygen atoms in total. The maximum atomic E-state index is 12.7. The lowest BCUT2D eigenvalue weighted by Gasteiger charge is -2.41. The molecule has 1 aromatic rings. The summed E-state index contributed by atoms with van der Waals surface area (Å²) in [6, 6.07) is 7.18. The van der Waals surface area contributed by atoms with Gasteiger partial charge in [0.15, 0.2) is 0 Å². The molecular weight excluding hydrogens is 292 g/mol. The SMILES string of the molecule is CCOc1cccc(N2CCN(C(=O)C3CCC3)C(C)C2=O)c1. The van der Waals surface area contributed by atoms with Gasteiger partial charge in [0, 0.05) is 30.8 Å². The van der Waals surface area contributed by atoms with E-state index >= 15 is 0 Å². The molecule has 2 aliphatic rings. The van der Waals surface area contributed by atoms with E-state index in [1.54, 1.807) is 9.80 Å². The highest BCUT2D eigenvalue weighted by Crippen LogP contribution is 2.31. The van der Waals surface area contributed by atoms with Gasteiger partial charge in [-0.05, 0) is 38.8 Å². The van der Waals surface area contributed by atoms with Gasteiger partial charge in [-0.25, -0.2) is 0 Å². The van der Waals surface area contributed by atoms with Crippen molar-refractivity contribution < 1.29 is 14.3 Å². The summed E-state index contributed by atoms with van der Waals surface area (Å²) in [6.07, 6.45) is 3.07. The summed E-state index contributed by atoms with van der Waals surface area (Å²) in [5.41, 5.74) is 0.837. The number of rotatable bonds is 4. The van der Waals surface area contributed by atoms with Crippen molar-refractivity contribution in [3.05, 3.63) is 24.3 Å². The number of hydrogen-bond acceptors (Lipinski definition) is 3. The van der Waals surface area contributed by atoms with Crippen LogP contribution < -0.4 is 9.64 Å². The molecule has 124 valence electrons. The Bertz CT molecular complexity index is 598. The Morgan fingerprint density at radius 3 is 2.74 bits per heavy atom. The predicted octanol–water partition coefficient (Wildman–Crippen LogP) is 2.45. The summed E-state index contributed by atoms with van der Waals surface area (Å²) in [6.45, 7) is 5.50. The second-order valence-electron chi connectivity index (χ2n) is 6.26. The summed E-state index contributed by atoms with van der Waals surface area (Å²) in [4.78, 5) is 28.7. The van der Waals surface area contributed by atoms with Crippen LogP contribution in [0.25, 0.3) is 0 Å². The van der Waals surface area contributed by atoms with Crippen LogP contribution in [-0.4, -0.2) is 42.5 Å². The van der Waals surface area contributed by atoms with E-state index < -0.39 is 6.04 Å². The summed E-state index contributed by atoms with van der Waals surface area (Å²) in [7, 11) is 0. The van der Waals surface area contributed by atoms with Crippen LogP contribution in [0.2, 0.25) is 0 Å². The Hall–Kier alpha value is -2.04. The number of hydrogen-bond donors (Lipinski definition) is 0. The average molecular weight is 316 g/mol. The van der Waals surface area contributed by atoms with Crippen LogP contribution in [0.3, 0.4) is 0 Å². The van der Waals surface area contributed by atoms with Crippen LogP contribution in [0.1, 0.15) is 33.1 Å². The lowest BCUT2D eigenvalue weighted by atomic mass is 9.84. The highest BCUT2D eigenvalue weighted by Gasteiger charge is 2.38. The number of anilines is 1. The molecule has 23 heavy (non-hydrogen) atoms. The lowest BCUT2D eigenvalue weighted by molar-refractivity contribution is -0.146. The molecule has 0 N–H and O–H groups in total. The molecule has 0 spiro atoms. The number of ether oxygens (including phenoxy) is 1. The first-order chi connectivity index (χ1) is 11.1. The van der Waals surface area contributed by atoms with Crippen LogP contribution >= 0.6 is 0 Å². The quantitative estimate of drug-likeness (QED) is 0.857. The van der Waals surface area contributed by atoms with E-state index in [1.165, 1.54) is 0 Å². The molecule has 1 aliphatic heterocycles. The van der Waals surface area contributed by atoms with Gasteiger partial charge in [0.25, 0.3) is 0 Å². The molecule has 3 rings (SSSR count). The molecule has 1 aliphatic carbocycles. The van der Waals surface area contributed by atoms with Crippen LogP contribution in [0.4, 0.5) is 5.69 Å². The van der Waals surface area contributed by atoms with E-state index in [4.69, 9.17) is 4.74 Å². The van der Waals surface area contributed by atoms with Crippen LogP contribution in [-0.2, 0) is 9.59 Å².